The van der Waals surface area contributed by atoms with Gasteiger partial charge in [-0.3, -0.25) is 0 Å². The number of aliphatic hydroxyl groups excluding tert-OH is 2. The summed E-state index contributed by atoms with van der Waals surface area (Å²) in [6, 6.07) is 14.2. The van der Waals surface area contributed by atoms with Gasteiger partial charge in [-0.15, -0.1) is 0 Å². The van der Waals surface area contributed by atoms with Crippen LogP contribution in [-0.2, 0) is 19.6 Å². The van der Waals surface area contributed by atoms with E-state index < -0.39 is 5.60 Å². The number of hydrogen-bond donors (Lipinski definition) is 4. The van der Waals surface area contributed by atoms with Crippen molar-refractivity contribution >= 4 is 11.3 Å². The molecular formula is C26H37NO3. The van der Waals surface area contributed by atoms with Gasteiger partial charge in [0.1, 0.15) is 0 Å². The Kier molecular flexibility index (Phi) is 9.57. The first-order valence-corrected chi connectivity index (χ1v) is 11.0. The van der Waals surface area contributed by atoms with Crippen LogP contribution in [0.4, 0.5) is 5.69 Å². The predicted octanol–water partition coefficient (Wildman–Crippen LogP) is 5.06. The van der Waals surface area contributed by atoms with Crippen LogP contribution < -0.4 is 5.32 Å². The number of benzene rings is 2. The number of nitrogens with one attached hydrogen (secondary N) is 1. The fourth-order valence-electron chi connectivity index (χ4n) is 3.64. The smallest absolute Gasteiger partial charge is 0.0685 e. The molecule has 2 aromatic carbocycles. The van der Waals surface area contributed by atoms with Gasteiger partial charge in [-0.25, -0.2) is 0 Å². The first kappa shape index (κ1) is 24.1. The molecule has 0 aliphatic rings. The molecule has 164 valence electrons. The predicted molar refractivity (Wildman–Crippen MR) is 125 cm³/mol. The van der Waals surface area contributed by atoms with Crippen LogP contribution in [0.25, 0.3) is 5.57 Å². The molecule has 30 heavy (non-hydrogen) atoms. The van der Waals surface area contributed by atoms with E-state index >= 15 is 0 Å². The Morgan fingerprint density at radius 1 is 1.00 bits per heavy atom. The lowest BCUT2D eigenvalue weighted by Gasteiger charge is -2.24. The zero-order valence-corrected chi connectivity index (χ0v) is 18.6. The third-order valence-electron chi connectivity index (χ3n) is 6.05. The van der Waals surface area contributed by atoms with E-state index in [4.69, 9.17) is 0 Å². The van der Waals surface area contributed by atoms with Crippen LogP contribution in [0.5, 0.6) is 0 Å². The van der Waals surface area contributed by atoms with Gasteiger partial charge in [0.2, 0.25) is 0 Å². The van der Waals surface area contributed by atoms with Crippen LogP contribution in [0.2, 0.25) is 0 Å². The number of rotatable bonds is 12. The van der Waals surface area contributed by atoms with Crippen LogP contribution in [0.15, 0.2) is 48.5 Å². The molecule has 0 atom stereocenters. The van der Waals surface area contributed by atoms with E-state index in [-0.39, 0.29) is 13.2 Å². The van der Waals surface area contributed by atoms with Crippen molar-refractivity contribution in [3.63, 3.8) is 0 Å². The first-order chi connectivity index (χ1) is 14.4. The zero-order valence-electron chi connectivity index (χ0n) is 18.6. The molecule has 2 rings (SSSR count). The van der Waals surface area contributed by atoms with Gasteiger partial charge in [-0.05, 0) is 79.0 Å². The highest BCUT2D eigenvalue weighted by Gasteiger charge is 2.20. The van der Waals surface area contributed by atoms with Crippen molar-refractivity contribution in [2.75, 3.05) is 11.9 Å². The Hall–Kier alpha value is -2.14. The molecule has 0 aliphatic heterocycles. The molecule has 2 aromatic rings. The van der Waals surface area contributed by atoms with Crippen molar-refractivity contribution in [2.45, 2.75) is 71.7 Å². The normalized spacial score (nSPS) is 12.3. The van der Waals surface area contributed by atoms with Gasteiger partial charge in [-0.1, -0.05) is 50.3 Å². The highest BCUT2D eigenvalue weighted by atomic mass is 16.3. The lowest BCUT2D eigenvalue weighted by atomic mass is 9.91. The molecule has 0 aliphatic carbocycles. The standard InChI is InChI=1S/C26H37NO3/c1-4-26(30,5-2)14-7-8-20(3)22-9-6-10-25(17-22)27-15-13-21-11-12-23(18-28)24(16-21)19-29/h6,8-12,16-17,27-30H,4-5,7,13-15,18-19H2,1-3H3/b20-8+. The highest BCUT2D eigenvalue weighted by molar-refractivity contribution is 5.67. The molecule has 0 saturated heterocycles. The summed E-state index contributed by atoms with van der Waals surface area (Å²) >= 11 is 0. The van der Waals surface area contributed by atoms with E-state index in [1.165, 1.54) is 11.1 Å². The minimum Gasteiger partial charge on any atom is -0.392 e. The van der Waals surface area contributed by atoms with Gasteiger partial charge in [0.25, 0.3) is 0 Å². The molecule has 0 radical (unpaired) electrons. The van der Waals surface area contributed by atoms with E-state index in [9.17, 15) is 15.3 Å². The van der Waals surface area contributed by atoms with E-state index in [2.05, 4.69) is 42.6 Å². The average Bonchev–Trinajstić information content (AvgIpc) is 2.78. The van der Waals surface area contributed by atoms with Crippen LogP contribution >= 0.6 is 0 Å². The van der Waals surface area contributed by atoms with Crippen molar-refractivity contribution in [1.29, 1.82) is 0 Å². The fourth-order valence-corrected chi connectivity index (χ4v) is 3.64. The maximum atomic E-state index is 10.4. The topological polar surface area (TPSA) is 72.7 Å². The van der Waals surface area contributed by atoms with Crippen molar-refractivity contribution in [2.24, 2.45) is 0 Å². The molecular weight excluding hydrogens is 374 g/mol. The van der Waals surface area contributed by atoms with Crippen LogP contribution in [0.3, 0.4) is 0 Å². The van der Waals surface area contributed by atoms with Crippen LogP contribution in [-0.4, -0.2) is 27.5 Å². The zero-order chi connectivity index (χ0) is 22.0. The maximum absolute atomic E-state index is 10.4. The van der Waals surface area contributed by atoms with Gasteiger partial charge in [0.05, 0.1) is 18.8 Å². The van der Waals surface area contributed by atoms with Crippen molar-refractivity contribution in [3.05, 3.63) is 70.8 Å². The molecule has 0 heterocycles. The Bertz CT molecular complexity index is 825. The van der Waals surface area contributed by atoms with Gasteiger partial charge in [-0.2, -0.15) is 0 Å². The van der Waals surface area contributed by atoms with Crippen molar-refractivity contribution in [3.8, 4) is 0 Å². The van der Waals surface area contributed by atoms with Gasteiger partial charge < -0.3 is 20.6 Å². The van der Waals surface area contributed by atoms with Crippen molar-refractivity contribution in [1.82, 2.24) is 0 Å². The van der Waals surface area contributed by atoms with Gasteiger partial charge in [0.15, 0.2) is 0 Å². The summed E-state index contributed by atoms with van der Waals surface area (Å²) < 4.78 is 0. The second kappa shape index (κ2) is 11.9. The molecule has 4 nitrogen and oxygen atoms in total. The van der Waals surface area contributed by atoms with Gasteiger partial charge >= 0.3 is 0 Å². The molecule has 0 fully saturated rings. The lowest BCUT2D eigenvalue weighted by molar-refractivity contribution is 0.0246. The number of anilines is 1. The van der Waals surface area contributed by atoms with E-state index in [0.717, 1.165) is 61.0 Å². The van der Waals surface area contributed by atoms with Crippen LogP contribution in [0.1, 0.15) is 68.7 Å². The van der Waals surface area contributed by atoms with Gasteiger partial charge in [0, 0.05) is 12.2 Å². The second-order valence-electron chi connectivity index (χ2n) is 8.03. The van der Waals surface area contributed by atoms with Crippen molar-refractivity contribution < 1.29 is 15.3 Å². The van der Waals surface area contributed by atoms with Crippen LogP contribution in [0, 0.1) is 0 Å². The number of aliphatic hydroxyl groups is 3. The number of hydrogen-bond acceptors (Lipinski definition) is 4. The molecule has 0 saturated carbocycles. The average molecular weight is 412 g/mol. The molecule has 0 bridgehead atoms. The summed E-state index contributed by atoms with van der Waals surface area (Å²) in [7, 11) is 0. The summed E-state index contributed by atoms with van der Waals surface area (Å²) in [5.74, 6) is 0. The summed E-state index contributed by atoms with van der Waals surface area (Å²) in [6.07, 6.45) is 6.30. The summed E-state index contributed by atoms with van der Waals surface area (Å²) in [6.45, 7) is 6.88. The first-order valence-electron chi connectivity index (χ1n) is 11.0. The highest BCUT2D eigenvalue weighted by Crippen LogP contribution is 2.24. The van der Waals surface area contributed by atoms with E-state index in [1.807, 2.05) is 32.0 Å². The monoisotopic (exact) mass is 411 g/mol. The molecule has 0 amide bonds. The number of allylic oxidation sites excluding steroid dienone is 2. The Labute approximate surface area is 181 Å². The third-order valence-corrected chi connectivity index (χ3v) is 6.05. The largest absolute Gasteiger partial charge is 0.392 e. The molecule has 0 spiro atoms. The molecule has 4 N–H and O–H groups in total. The summed E-state index contributed by atoms with van der Waals surface area (Å²) in [5.41, 5.74) is 5.64. The third kappa shape index (κ3) is 6.98. The maximum Gasteiger partial charge on any atom is 0.0685 e. The fraction of sp³-hybridized carbons (Fsp3) is 0.462. The summed E-state index contributed by atoms with van der Waals surface area (Å²) in [5, 5.41) is 32.7. The molecule has 0 unspecified atom stereocenters. The quantitative estimate of drug-likeness (QED) is 0.394. The van der Waals surface area contributed by atoms with E-state index in [1.54, 1.807) is 0 Å². The minimum absolute atomic E-state index is 0.0513. The second-order valence-corrected chi connectivity index (χ2v) is 8.03. The van der Waals surface area contributed by atoms with E-state index in [0.29, 0.717) is 0 Å². The molecule has 4 heteroatoms. The lowest BCUT2D eigenvalue weighted by Crippen LogP contribution is -2.25. The Morgan fingerprint density at radius 2 is 1.73 bits per heavy atom. The Balaban J connectivity index is 1.93. The Morgan fingerprint density at radius 3 is 2.40 bits per heavy atom. The minimum atomic E-state index is -0.550. The molecule has 0 aromatic heterocycles. The summed E-state index contributed by atoms with van der Waals surface area (Å²) in [4.78, 5) is 0. The SMILES string of the molecule is CCC(O)(CC)CC/C=C(\C)c1cccc(NCCc2ccc(CO)c(CO)c2)c1.